The number of thiophene rings is 1. The number of hydrogen-bond donors (Lipinski definition) is 2. The minimum Gasteiger partial charge on any atom is -0.486 e. The van der Waals surface area contributed by atoms with E-state index in [9.17, 15) is 14.4 Å². The summed E-state index contributed by atoms with van der Waals surface area (Å²) >= 11 is 1.63. The highest BCUT2D eigenvalue weighted by Crippen LogP contribution is 2.32. The molecule has 3 amide bonds. The number of ether oxygens (including phenoxy) is 3. The van der Waals surface area contributed by atoms with Gasteiger partial charge in [0.25, 0.3) is 5.91 Å². The zero-order chi connectivity index (χ0) is 19.8. The second kappa shape index (κ2) is 9.75. The molecular formula is C19H20N2O6S. The van der Waals surface area contributed by atoms with E-state index in [0.29, 0.717) is 36.8 Å². The van der Waals surface area contributed by atoms with Crippen LogP contribution in [0.25, 0.3) is 0 Å². The topological polar surface area (TPSA) is 103 Å². The van der Waals surface area contributed by atoms with Gasteiger partial charge >= 0.3 is 12.0 Å². The molecule has 0 bridgehead atoms. The van der Waals surface area contributed by atoms with Crippen molar-refractivity contribution in [3.8, 4) is 11.5 Å². The van der Waals surface area contributed by atoms with Crippen LogP contribution < -0.4 is 20.1 Å². The molecule has 9 heteroatoms. The third kappa shape index (κ3) is 5.98. The Bertz CT molecular complexity index is 837. The Balaban J connectivity index is 1.34. The van der Waals surface area contributed by atoms with E-state index in [1.807, 2.05) is 17.5 Å². The fourth-order valence-electron chi connectivity index (χ4n) is 2.53. The van der Waals surface area contributed by atoms with Crippen molar-refractivity contribution in [2.75, 3.05) is 25.1 Å². The molecule has 2 heterocycles. The van der Waals surface area contributed by atoms with Gasteiger partial charge in [0.2, 0.25) is 0 Å². The number of imide groups is 1. The van der Waals surface area contributed by atoms with Crippen molar-refractivity contribution in [3.63, 3.8) is 0 Å². The molecule has 3 rings (SSSR count). The summed E-state index contributed by atoms with van der Waals surface area (Å²) in [6.45, 7) is 0.397. The Kier molecular flexibility index (Phi) is 6.85. The van der Waals surface area contributed by atoms with Gasteiger partial charge in [-0.3, -0.25) is 14.9 Å². The maximum absolute atomic E-state index is 11.9. The number of benzene rings is 1. The van der Waals surface area contributed by atoms with Crippen molar-refractivity contribution >= 4 is 34.9 Å². The number of amides is 3. The summed E-state index contributed by atoms with van der Waals surface area (Å²) in [7, 11) is 0. The van der Waals surface area contributed by atoms with Crippen LogP contribution in [0.3, 0.4) is 0 Å². The van der Waals surface area contributed by atoms with Gasteiger partial charge in [-0.05, 0) is 36.4 Å². The summed E-state index contributed by atoms with van der Waals surface area (Å²) in [5.74, 6) is -0.0632. The number of anilines is 1. The van der Waals surface area contributed by atoms with E-state index < -0.39 is 24.5 Å². The highest BCUT2D eigenvalue weighted by atomic mass is 32.1. The van der Waals surface area contributed by atoms with Gasteiger partial charge in [-0.15, -0.1) is 11.3 Å². The number of fused-ring (bicyclic) bond motifs is 1. The van der Waals surface area contributed by atoms with E-state index in [1.165, 1.54) is 4.88 Å². The smallest absolute Gasteiger partial charge is 0.325 e. The van der Waals surface area contributed by atoms with E-state index in [0.717, 1.165) is 6.42 Å². The minimum atomic E-state index is -0.726. The number of hydrogen-bond acceptors (Lipinski definition) is 7. The second-order valence-corrected chi connectivity index (χ2v) is 6.99. The van der Waals surface area contributed by atoms with Crippen molar-refractivity contribution in [3.05, 3.63) is 40.6 Å². The van der Waals surface area contributed by atoms with Crippen LogP contribution in [-0.2, 0) is 20.7 Å². The molecule has 1 aliphatic rings. The van der Waals surface area contributed by atoms with E-state index in [1.54, 1.807) is 29.5 Å². The molecule has 0 fully saturated rings. The fraction of sp³-hybridized carbons (Fsp3) is 0.316. The number of rotatable bonds is 7. The van der Waals surface area contributed by atoms with Crippen molar-refractivity contribution < 1.29 is 28.6 Å². The lowest BCUT2D eigenvalue weighted by Crippen LogP contribution is -2.37. The molecule has 0 unspecified atom stereocenters. The van der Waals surface area contributed by atoms with E-state index >= 15 is 0 Å². The number of urea groups is 1. The molecule has 0 aliphatic carbocycles. The van der Waals surface area contributed by atoms with E-state index in [4.69, 9.17) is 14.2 Å². The van der Waals surface area contributed by atoms with Crippen LogP contribution in [0.2, 0.25) is 0 Å². The SMILES string of the molecule is O=C(COC(=O)CCCc1cccs1)NC(=O)Nc1ccc2c(c1)OCCO2. The molecule has 0 spiro atoms. The fourth-order valence-corrected chi connectivity index (χ4v) is 3.28. The van der Waals surface area contributed by atoms with Crippen molar-refractivity contribution in [2.45, 2.75) is 19.3 Å². The third-order valence-electron chi connectivity index (χ3n) is 3.80. The van der Waals surface area contributed by atoms with Crippen molar-refractivity contribution in [2.24, 2.45) is 0 Å². The lowest BCUT2D eigenvalue weighted by atomic mass is 10.2. The summed E-state index contributed by atoms with van der Waals surface area (Å²) in [6.07, 6.45) is 1.65. The molecule has 0 atom stereocenters. The monoisotopic (exact) mass is 404 g/mol. The van der Waals surface area contributed by atoms with Gasteiger partial charge in [0.15, 0.2) is 18.1 Å². The van der Waals surface area contributed by atoms with Crippen LogP contribution in [0, 0.1) is 0 Å². The first-order valence-corrected chi connectivity index (χ1v) is 9.66. The molecule has 0 saturated carbocycles. The predicted octanol–water partition coefficient (Wildman–Crippen LogP) is 2.73. The van der Waals surface area contributed by atoms with Crippen LogP contribution in [0.5, 0.6) is 11.5 Å². The molecule has 8 nitrogen and oxygen atoms in total. The number of aryl methyl sites for hydroxylation is 1. The van der Waals surface area contributed by atoms with E-state index in [-0.39, 0.29) is 6.42 Å². The van der Waals surface area contributed by atoms with Crippen molar-refractivity contribution in [1.29, 1.82) is 0 Å². The van der Waals surface area contributed by atoms with Gasteiger partial charge < -0.3 is 19.5 Å². The molecule has 28 heavy (non-hydrogen) atoms. The maximum atomic E-state index is 11.9. The van der Waals surface area contributed by atoms with Crippen molar-refractivity contribution in [1.82, 2.24) is 5.32 Å². The van der Waals surface area contributed by atoms with Crippen LogP contribution in [0.1, 0.15) is 17.7 Å². The van der Waals surface area contributed by atoms with Gasteiger partial charge in [-0.25, -0.2) is 4.79 Å². The Morgan fingerprint density at radius 1 is 1.11 bits per heavy atom. The highest BCUT2D eigenvalue weighted by molar-refractivity contribution is 7.09. The minimum absolute atomic E-state index is 0.217. The Labute approximate surface area is 165 Å². The first-order valence-electron chi connectivity index (χ1n) is 8.78. The Morgan fingerprint density at radius 2 is 1.93 bits per heavy atom. The summed E-state index contributed by atoms with van der Waals surface area (Å²) in [6, 6.07) is 8.14. The maximum Gasteiger partial charge on any atom is 0.325 e. The lowest BCUT2D eigenvalue weighted by Gasteiger charge is -2.19. The number of carbonyl (C=O) groups excluding carboxylic acids is 3. The zero-order valence-electron chi connectivity index (χ0n) is 15.1. The van der Waals surface area contributed by atoms with Crippen LogP contribution >= 0.6 is 11.3 Å². The molecule has 1 aromatic heterocycles. The number of esters is 1. The Hall–Kier alpha value is -3.07. The summed E-state index contributed by atoms with van der Waals surface area (Å²) in [4.78, 5) is 36.5. The number of nitrogens with one attached hydrogen (secondary N) is 2. The predicted molar refractivity (Wildman–Crippen MR) is 103 cm³/mol. The molecule has 0 radical (unpaired) electrons. The average Bonchev–Trinajstić information content (AvgIpc) is 3.19. The molecule has 2 aromatic rings. The first-order chi connectivity index (χ1) is 13.6. The molecule has 2 N–H and O–H groups in total. The lowest BCUT2D eigenvalue weighted by molar-refractivity contribution is -0.148. The summed E-state index contributed by atoms with van der Waals surface area (Å²) in [5, 5.41) is 6.60. The zero-order valence-corrected chi connectivity index (χ0v) is 15.9. The van der Waals surface area contributed by atoms with E-state index in [2.05, 4.69) is 10.6 Å². The first kappa shape index (κ1) is 19.7. The van der Waals surface area contributed by atoms with Crippen LogP contribution in [0.4, 0.5) is 10.5 Å². The molecule has 1 aromatic carbocycles. The second-order valence-electron chi connectivity index (χ2n) is 5.95. The molecule has 1 aliphatic heterocycles. The largest absolute Gasteiger partial charge is 0.486 e. The standard InChI is InChI=1S/C19H20N2O6S/c22-17(12-27-18(23)5-1-3-14-4-2-10-28-14)21-19(24)20-13-6-7-15-16(11-13)26-9-8-25-15/h2,4,6-7,10-11H,1,3,5,8-9,12H2,(H2,20,21,22,24). The highest BCUT2D eigenvalue weighted by Gasteiger charge is 2.14. The van der Waals surface area contributed by atoms with Gasteiger partial charge in [0, 0.05) is 23.1 Å². The Morgan fingerprint density at radius 3 is 2.71 bits per heavy atom. The quantitative estimate of drug-likeness (QED) is 0.688. The molecule has 0 saturated heterocycles. The van der Waals surface area contributed by atoms with Gasteiger partial charge in [-0.1, -0.05) is 6.07 Å². The molecule has 148 valence electrons. The van der Waals surface area contributed by atoms with Gasteiger partial charge in [0.05, 0.1) is 0 Å². The van der Waals surface area contributed by atoms with Crippen LogP contribution in [0.15, 0.2) is 35.7 Å². The van der Waals surface area contributed by atoms with Gasteiger partial charge in [-0.2, -0.15) is 0 Å². The van der Waals surface area contributed by atoms with Crippen LogP contribution in [-0.4, -0.2) is 37.7 Å². The van der Waals surface area contributed by atoms with Gasteiger partial charge in [0.1, 0.15) is 13.2 Å². The molecular weight excluding hydrogens is 384 g/mol. The average molecular weight is 404 g/mol. The third-order valence-corrected chi connectivity index (χ3v) is 4.74. The summed E-state index contributed by atoms with van der Waals surface area (Å²) in [5.41, 5.74) is 0.445. The summed E-state index contributed by atoms with van der Waals surface area (Å²) < 4.78 is 15.7. The number of carbonyl (C=O) groups is 3. The normalized spacial score (nSPS) is 12.1.